The number of amides is 1. The summed E-state index contributed by atoms with van der Waals surface area (Å²) in [6.45, 7) is 4.34. The maximum Gasteiger partial charge on any atom is 0.233 e. The summed E-state index contributed by atoms with van der Waals surface area (Å²) in [6.07, 6.45) is 0.508. The SMILES string of the molecule is CCN(C(=O)CSc1nnnn1-c1cccc(C)c1)[C@@H]1CCS(=O)(=O)C1. The van der Waals surface area contributed by atoms with E-state index in [-0.39, 0.29) is 29.2 Å². The smallest absolute Gasteiger partial charge is 0.233 e. The molecule has 140 valence electrons. The molecule has 2 aromatic rings. The van der Waals surface area contributed by atoms with Crippen molar-refractivity contribution < 1.29 is 13.2 Å². The van der Waals surface area contributed by atoms with Gasteiger partial charge < -0.3 is 4.90 Å². The molecule has 0 saturated carbocycles. The predicted molar refractivity (Wildman–Crippen MR) is 99.1 cm³/mol. The quantitative estimate of drug-likeness (QED) is 0.676. The van der Waals surface area contributed by atoms with Gasteiger partial charge in [0.1, 0.15) is 0 Å². The third kappa shape index (κ3) is 4.24. The fourth-order valence-corrected chi connectivity index (χ4v) is 5.57. The van der Waals surface area contributed by atoms with Crippen molar-refractivity contribution >= 4 is 27.5 Å². The number of benzene rings is 1. The lowest BCUT2D eigenvalue weighted by atomic mass is 10.2. The lowest BCUT2D eigenvalue weighted by Gasteiger charge is -2.26. The summed E-state index contributed by atoms with van der Waals surface area (Å²) in [5.41, 5.74) is 1.92. The molecule has 0 radical (unpaired) electrons. The number of carbonyl (C=O) groups is 1. The number of carbonyl (C=O) groups excluding carboxylic acids is 1. The van der Waals surface area contributed by atoms with Crippen molar-refractivity contribution in [3.05, 3.63) is 29.8 Å². The van der Waals surface area contributed by atoms with E-state index in [0.29, 0.717) is 18.1 Å². The van der Waals surface area contributed by atoms with Gasteiger partial charge in [0, 0.05) is 12.6 Å². The molecule has 1 aliphatic heterocycles. The van der Waals surface area contributed by atoms with Crippen LogP contribution in [0.25, 0.3) is 5.69 Å². The zero-order chi connectivity index (χ0) is 18.7. The standard InChI is InChI=1S/C16H21N5O3S2/c1-3-20(14-7-8-26(23,24)11-14)15(22)10-25-16-17-18-19-21(16)13-6-4-5-12(2)9-13/h4-6,9,14H,3,7-8,10-11H2,1-2H3/t14-/m1/s1. The summed E-state index contributed by atoms with van der Waals surface area (Å²) in [6, 6.07) is 7.54. The summed E-state index contributed by atoms with van der Waals surface area (Å²) in [5, 5.41) is 12.2. The highest BCUT2D eigenvalue weighted by Gasteiger charge is 2.33. The Kier molecular flexibility index (Phi) is 5.61. The Morgan fingerprint density at radius 2 is 2.23 bits per heavy atom. The fraction of sp³-hybridized carbons (Fsp3) is 0.500. The van der Waals surface area contributed by atoms with E-state index >= 15 is 0 Å². The Balaban J connectivity index is 1.67. The molecule has 0 N–H and O–H groups in total. The lowest BCUT2D eigenvalue weighted by Crippen LogP contribution is -2.42. The molecular weight excluding hydrogens is 374 g/mol. The number of rotatable bonds is 6. The third-order valence-electron chi connectivity index (χ3n) is 4.32. The van der Waals surface area contributed by atoms with Crippen LogP contribution in [0.1, 0.15) is 18.9 Å². The zero-order valence-electron chi connectivity index (χ0n) is 14.7. The fourth-order valence-electron chi connectivity index (χ4n) is 3.06. The number of hydrogen-bond donors (Lipinski definition) is 0. The van der Waals surface area contributed by atoms with Crippen molar-refractivity contribution in [3.8, 4) is 5.69 Å². The largest absolute Gasteiger partial charge is 0.338 e. The first-order valence-electron chi connectivity index (χ1n) is 8.37. The van der Waals surface area contributed by atoms with Crippen LogP contribution >= 0.6 is 11.8 Å². The minimum absolute atomic E-state index is 0.0538. The van der Waals surface area contributed by atoms with E-state index in [9.17, 15) is 13.2 Å². The third-order valence-corrected chi connectivity index (χ3v) is 6.98. The van der Waals surface area contributed by atoms with Gasteiger partial charge in [0.15, 0.2) is 9.84 Å². The van der Waals surface area contributed by atoms with Gasteiger partial charge in [-0.3, -0.25) is 4.79 Å². The monoisotopic (exact) mass is 395 g/mol. The van der Waals surface area contributed by atoms with E-state index in [0.717, 1.165) is 11.3 Å². The van der Waals surface area contributed by atoms with Crippen molar-refractivity contribution in [2.75, 3.05) is 23.8 Å². The summed E-state index contributed by atoms with van der Waals surface area (Å²) in [5.74, 6) is 0.271. The number of hydrogen-bond acceptors (Lipinski definition) is 7. The van der Waals surface area contributed by atoms with Crippen LogP contribution in [0, 0.1) is 6.92 Å². The number of sulfone groups is 1. The summed E-state index contributed by atoms with van der Waals surface area (Å²) >= 11 is 1.25. The highest BCUT2D eigenvalue weighted by molar-refractivity contribution is 7.99. The van der Waals surface area contributed by atoms with E-state index in [1.165, 1.54) is 11.8 Å². The van der Waals surface area contributed by atoms with Gasteiger partial charge in [-0.05, 0) is 48.4 Å². The van der Waals surface area contributed by atoms with E-state index < -0.39 is 9.84 Å². The van der Waals surface area contributed by atoms with Gasteiger partial charge in [-0.2, -0.15) is 4.68 Å². The van der Waals surface area contributed by atoms with Crippen LogP contribution in [0.5, 0.6) is 0 Å². The van der Waals surface area contributed by atoms with Crippen LogP contribution in [0.3, 0.4) is 0 Å². The van der Waals surface area contributed by atoms with Crippen molar-refractivity contribution in [1.82, 2.24) is 25.1 Å². The Hall–Kier alpha value is -1.94. The minimum Gasteiger partial charge on any atom is -0.338 e. The minimum atomic E-state index is -3.03. The molecule has 1 saturated heterocycles. The van der Waals surface area contributed by atoms with Crippen molar-refractivity contribution in [1.29, 1.82) is 0 Å². The van der Waals surface area contributed by atoms with Gasteiger partial charge in [0.05, 0.1) is 22.9 Å². The molecule has 3 rings (SSSR count). The topological polar surface area (TPSA) is 98.1 Å². The van der Waals surface area contributed by atoms with Gasteiger partial charge >= 0.3 is 0 Å². The van der Waals surface area contributed by atoms with E-state index in [4.69, 9.17) is 0 Å². The van der Waals surface area contributed by atoms with Crippen LogP contribution in [-0.4, -0.2) is 69.3 Å². The predicted octanol–water partition coefficient (Wildman–Crippen LogP) is 1.10. The first kappa shape index (κ1) is 18.8. The Bertz CT molecular complexity index is 897. The molecule has 0 unspecified atom stereocenters. The second-order valence-electron chi connectivity index (χ2n) is 6.24. The highest BCUT2D eigenvalue weighted by Crippen LogP contribution is 2.22. The van der Waals surface area contributed by atoms with Crippen molar-refractivity contribution in [2.24, 2.45) is 0 Å². The molecular formula is C16H21N5O3S2. The van der Waals surface area contributed by atoms with Crippen LogP contribution in [0.15, 0.2) is 29.4 Å². The number of nitrogens with zero attached hydrogens (tertiary/aromatic N) is 5. The zero-order valence-corrected chi connectivity index (χ0v) is 16.3. The molecule has 2 heterocycles. The molecule has 1 amide bonds. The number of aromatic nitrogens is 4. The molecule has 8 nitrogen and oxygen atoms in total. The Morgan fingerprint density at radius 1 is 1.42 bits per heavy atom. The van der Waals surface area contributed by atoms with E-state index in [2.05, 4.69) is 15.5 Å². The van der Waals surface area contributed by atoms with Crippen LogP contribution < -0.4 is 0 Å². The number of aryl methyl sites for hydroxylation is 1. The molecule has 1 aliphatic rings. The lowest BCUT2D eigenvalue weighted by molar-refractivity contribution is -0.129. The first-order chi connectivity index (χ1) is 12.4. The van der Waals surface area contributed by atoms with Crippen LogP contribution in [0.2, 0.25) is 0 Å². The molecule has 1 aromatic heterocycles. The van der Waals surface area contributed by atoms with E-state index in [1.807, 2.05) is 38.1 Å². The molecule has 1 aromatic carbocycles. The van der Waals surface area contributed by atoms with E-state index in [1.54, 1.807) is 9.58 Å². The normalized spacial score (nSPS) is 18.8. The maximum atomic E-state index is 12.6. The summed E-state index contributed by atoms with van der Waals surface area (Å²) in [7, 11) is -3.03. The van der Waals surface area contributed by atoms with Gasteiger partial charge in [-0.25, -0.2) is 8.42 Å². The Labute approximate surface area is 156 Å². The molecule has 1 fully saturated rings. The number of thioether (sulfide) groups is 1. The van der Waals surface area contributed by atoms with Crippen molar-refractivity contribution in [3.63, 3.8) is 0 Å². The average Bonchev–Trinajstić information content (AvgIpc) is 3.20. The Morgan fingerprint density at radius 3 is 2.88 bits per heavy atom. The maximum absolute atomic E-state index is 12.6. The average molecular weight is 396 g/mol. The summed E-state index contributed by atoms with van der Waals surface area (Å²) < 4.78 is 25.0. The molecule has 1 atom stereocenters. The van der Waals surface area contributed by atoms with Gasteiger partial charge in [-0.15, -0.1) is 5.10 Å². The molecule has 0 spiro atoms. The van der Waals surface area contributed by atoms with Crippen LogP contribution in [-0.2, 0) is 14.6 Å². The van der Waals surface area contributed by atoms with Gasteiger partial charge in [0.25, 0.3) is 0 Å². The first-order valence-corrected chi connectivity index (χ1v) is 11.2. The van der Waals surface area contributed by atoms with Crippen LogP contribution in [0.4, 0.5) is 0 Å². The van der Waals surface area contributed by atoms with Crippen molar-refractivity contribution in [2.45, 2.75) is 31.5 Å². The summed E-state index contributed by atoms with van der Waals surface area (Å²) in [4.78, 5) is 14.3. The highest BCUT2D eigenvalue weighted by atomic mass is 32.2. The molecule has 0 bridgehead atoms. The van der Waals surface area contributed by atoms with Gasteiger partial charge in [-0.1, -0.05) is 23.9 Å². The number of tetrazole rings is 1. The second-order valence-corrected chi connectivity index (χ2v) is 9.41. The second kappa shape index (κ2) is 7.75. The molecule has 10 heteroatoms. The molecule has 26 heavy (non-hydrogen) atoms. The molecule has 0 aliphatic carbocycles. The van der Waals surface area contributed by atoms with Gasteiger partial charge in [0.2, 0.25) is 11.1 Å².